The minimum absolute atomic E-state index is 0.108. The summed E-state index contributed by atoms with van der Waals surface area (Å²) in [5.41, 5.74) is 2.98. The van der Waals surface area contributed by atoms with Crippen molar-refractivity contribution >= 4 is 23.5 Å². The highest BCUT2D eigenvalue weighted by molar-refractivity contribution is 5.97. The number of hydrogen-bond acceptors (Lipinski definition) is 6. The molecule has 0 fully saturated rings. The van der Waals surface area contributed by atoms with Crippen LogP contribution in [0.4, 0.5) is 5.69 Å². The first-order valence-electron chi connectivity index (χ1n) is 8.62. The van der Waals surface area contributed by atoms with Gasteiger partial charge in [0.05, 0.1) is 0 Å². The minimum Gasteiger partial charge on any atom is -0.454 e. The highest BCUT2D eigenvalue weighted by atomic mass is 16.7. The Bertz CT molecular complexity index is 905. The summed E-state index contributed by atoms with van der Waals surface area (Å²) >= 11 is 0. The fourth-order valence-electron chi connectivity index (χ4n) is 2.73. The Labute approximate surface area is 161 Å². The molecule has 8 nitrogen and oxygen atoms in total. The van der Waals surface area contributed by atoms with Crippen LogP contribution in [0.25, 0.3) is 0 Å². The Kier molecular flexibility index (Phi) is 5.78. The third-order valence-corrected chi connectivity index (χ3v) is 3.90. The number of anilines is 1. The molecule has 2 aromatic carbocycles. The number of rotatable bonds is 6. The van der Waals surface area contributed by atoms with E-state index in [9.17, 15) is 14.4 Å². The van der Waals surface area contributed by atoms with Crippen LogP contribution in [0.15, 0.2) is 36.4 Å². The Morgan fingerprint density at radius 3 is 2.46 bits per heavy atom. The topological polar surface area (TPSA) is 103 Å². The molecule has 2 amide bonds. The first kappa shape index (κ1) is 19.2. The van der Waals surface area contributed by atoms with Crippen LogP contribution in [0.3, 0.4) is 0 Å². The van der Waals surface area contributed by atoms with Gasteiger partial charge in [-0.15, -0.1) is 0 Å². The molecular formula is C20H20N2O6. The smallest absolute Gasteiger partial charge is 0.325 e. The first-order valence-corrected chi connectivity index (χ1v) is 8.62. The van der Waals surface area contributed by atoms with E-state index in [1.165, 1.54) is 6.07 Å². The molecule has 1 heterocycles. The predicted molar refractivity (Wildman–Crippen MR) is 100 cm³/mol. The average molecular weight is 384 g/mol. The molecule has 0 saturated heterocycles. The summed E-state index contributed by atoms with van der Waals surface area (Å²) in [7, 11) is 0. The summed E-state index contributed by atoms with van der Waals surface area (Å²) in [6, 6.07) is 10.3. The van der Waals surface area contributed by atoms with Crippen LogP contribution in [0.5, 0.6) is 11.5 Å². The second kappa shape index (κ2) is 8.43. The van der Waals surface area contributed by atoms with Crippen LogP contribution in [-0.4, -0.2) is 37.7 Å². The van der Waals surface area contributed by atoms with Crippen LogP contribution in [0.1, 0.15) is 21.5 Å². The van der Waals surface area contributed by atoms with Gasteiger partial charge in [0.2, 0.25) is 6.79 Å². The summed E-state index contributed by atoms with van der Waals surface area (Å²) in [6.07, 6.45) is 0. The molecule has 1 aliphatic heterocycles. The van der Waals surface area contributed by atoms with E-state index in [1.54, 1.807) is 12.1 Å². The second-order valence-electron chi connectivity index (χ2n) is 6.34. The number of benzene rings is 2. The van der Waals surface area contributed by atoms with Crippen LogP contribution in [0.2, 0.25) is 0 Å². The lowest BCUT2D eigenvalue weighted by atomic mass is 10.1. The number of ether oxygens (including phenoxy) is 3. The molecule has 2 N–H and O–H groups in total. The molecule has 0 bridgehead atoms. The lowest BCUT2D eigenvalue weighted by Crippen LogP contribution is -2.32. The van der Waals surface area contributed by atoms with Crippen LogP contribution in [-0.2, 0) is 14.3 Å². The van der Waals surface area contributed by atoms with Crippen molar-refractivity contribution in [1.82, 2.24) is 5.32 Å². The summed E-state index contributed by atoms with van der Waals surface area (Å²) in [5.74, 6) is -0.607. The Morgan fingerprint density at radius 1 is 1.00 bits per heavy atom. The van der Waals surface area contributed by atoms with Gasteiger partial charge in [-0.2, -0.15) is 0 Å². The lowest BCUT2D eigenvalue weighted by Gasteiger charge is -2.09. The van der Waals surface area contributed by atoms with Gasteiger partial charge in [0.15, 0.2) is 18.1 Å². The maximum atomic E-state index is 12.1. The molecule has 146 valence electrons. The summed E-state index contributed by atoms with van der Waals surface area (Å²) in [4.78, 5) is 35.8. The zero-order valence-electron chi connectivity index (χ0n) is 15.5. The van der Waals surface area contributed by atoms with E-state index in [2.05, 4.69) is 10.6 Å². The molecule has 3 rings (SSSR count). The van der Waals surface area contributed by atoms with Crippen molar-refractivity contribution in [2.75, 3.05) is 25.3 Å². The molecule has 0 spiro atoms. The standard InChI is InChI=1S/C20H20N2O6/c1-12-5-13(2)7-15(6-12)22-18(23)10-26-19(24)9-21-20(25)14-3-4-16-17(8-14)28-11-27-16/h3-8H,9-11H2,1-2H3,(H,21,25)(H,22,23). The third-order valence-electron chi connectivity index (χ3n) is 3.90. The molecule has 2 aromatic rings. The summed E-state index contributed by atoms with van der Waals surface area (Å²) < 4.78 is 15.3. The van der Waals surface area contributed by atoms with Crippen molar-refractivity contribution in [3.8, 4) is 11.5 Å². The van der Waals surface area contributed by atoms with Gasteiger partial charge in [-0.1, -0.05) is 6.07 Å². The molecule has 0 saturated carbocycles. The molecular weight excluding hydrogens is 364 g/mol. The van der Waals surface area contributed by atoms with Crippen molar-refractivity contribution in [3.05, 3.63) is 53.1 Å². The zero-order chi connectivity index (χ0) is 20.1. The van der Waals surface area contributed by atoms with Gasteiger partial charge in [-0.25, -0.2) is 0 Å². The molecule has 0 aliphatic carbocycles. The fourth-order valence-corrected chi connectivity index (χ4v) is 2.73. The van der Waals surface area contributed by atoms with Gasteiger partial charge < -0.3 is 24.8 Å². The quantitative estimate of drug-likeness (QED) is 0.738. The van der Waals surface area contributed by atoms with Gasteiger partial charge in [0, 0.05) is 11.3 Å². The number of aryl methyl sites for hydroxylation is 2. The van der Waals surface area contributed by atoms with Crippen LogP contribution < -0.4 is 20.1 Å². The van der Waals surface area contributed by atoms with Crippen LogP contribution >= 0.6 is 0 Å². The number of amides is 2. The van der Waals surface area contributed by atoms with Gasteiger partial charge >= 0.3 is 5.97 Å². The Morgan fingerprint density at radius 2 is 1.71 bits per heavy atom. The fraction of sp³-hybridized carbons (Fsp3) is 0.250. The van der Waals surface area contributed by atoms with Gasteiger partial charge in [0.25, 0.3) is 11.8 Å². The van der Waals surface area contributed by atoms with Crippen molar-refractivity contribution < 1.29 is 28.6 Å². The molecule has 0 unspecified atom stereocenters. The van der Waals surface area contributed by atoms with E-state index in [0.717, 1.165) is 11.1 Å². The van der Waals surface area contributed by atoms with E-state index in [-0.39, 0.29) is 13.3 Å². The number of hydrogen-bond donors (Lipinski definition) is 2. The van der Waals surface area contributed by atoms with Gasteiger partial charge in [0.1, 0.15) is 6.54 Å². The maximum absolute atomic E-state index is 12.1. The summed E-state index contributed by atoms with van der Waals surface area (Å²) in [5, 5.41) is 5.10. The van der Waals surface area contributed by atoms with E-state index >= 15 is 0 Å². The molecule has 1 aliphatic rings. The molecule has 0 radical (unpaired) electrons. The molecule has 8 heteroatoms. The van der Waals surface area contributed by atoms with E-state index in [4.69, 9.17) is 14.2 Å². The Hall–Kier alpha value is -3.55. The summed E-state index contributed by atoms with van der Waals surface area (Å²) in [6.45, 7) is 3.16. The lowest BCUT2D eigenvalue weighted by molar-refractivity contribution is -0.146. The highest BCUT2D eigenvalue weighted by Gasteiger charge is 2.17. The minimum atomic E-state index is -0.718. The normalized spacial score (nSPS) is 11.6. The van der Waals surface area contributed by atoms with Crippen molar-refractivity contribution in [1.29, 1.82) is 0 Å². The molecule has 28 heavy (non-hydrogen) atoms. The van der Waals surface area contributed by atoms with Crippen molar-refractivity contribution in [3.63, 3.8) is 0 Å². The SMILES string of the molecule is Cc1cc(C)cc(NC(=O)COC(=O)CNC(=O)c2ccc3c(c2)OCO3)c1. The second-order valence-corrected chi connectivity index (χ2v) is 6.34. The van der Waals surface area contributed by atoms with Crippen molar-refractivity contribution in [2.24, 2.45) is 0 Å². The van der Waals surface area contributed by atoms with E-state index in [0.29, 0.717) is 22.7 Å². The zero-order valence-corrected chi connectivity index (χ0v) is 15.5. The largest absolute Gasteiger partial charge is 0.454 e. The van der Waals surface area contributed by atoms with Crippen LogP contribution in [0, 0.1) is 13.8 Å². The van der Waals surface area contributed by atoms with E-state index in [1.807, 2.05) is 32.0 Å². The van der Waals surface area contributed by atoms with Crippen molar-refractivity contribution in [2.45, 2.75) is 13.8 Å². The number of carbonyl (C=O) groups excluding carboxylic acids is 3. The van der Waals surface area contributed by atoms with Gasteiger partial charge in [-0.3, -0.25) is 14.4 Å². The predicted octanol–water partition coefficient (Wildman–Crippen LogP) is 1.94. The third kappa shape index (κ3) is 5.00. The first-order chi connectivity index (χ1) is 13.4. The van der Waals surface area contributed by atoms with E-state index < -0.39 is 24.4 Å². The molecule has 0 atom stereocenters. The average Bonchev–Trinajstić information content (AvgIpc) is 3.11. The maximum Gasteiger partial charge on any atom is 0.325 e. The number of fused-ring (bicyclic) bond motifs is 1. The Balaban J connectivity index is 1.42. The molecule has 0 aromatic heterocycles. The number of nitrogens with one attached hydrogen (secondary N) is 2. The van der Waals surface area contributed by atoms with Gasteiger partial charge in [-0.05, 0) is 55.3 Å². The monoisotopic (exact) mass is 384 g/mol. The highest BCUT2D eigenvalue weighted by Crippen LogP contribution is 2.32. The number of esters is 1. The number of carbonyl (C=O) groups is 3.